The zero-order chi connectivity index (χ0) is 18.5. The molecule has 5 nitrogen and oxygen atoms in total. The molecular weight excluding hydrogens is 324 g/mol. The summed E-state index contributed by atoms with van der Waals surface area (Å²) in [5, 5.41) is 3.27. The maximum Gasteiger partial charge on any atom is 0.222 e. The highest BCUT2D eigenvalue weighted by Gasteiger charge is 2.33. The van der Waals surface area contributed by atoms with Crippen LogP contribution in [0.25, 0.3) is 0 Å². The van der Waals surface area contributed by atoms with E-state index in [1.165, 1.54) is 11.4 Å². The molecule has 142 valence electrons. The smallest absolute Gasteiger partial charge is 0.222 e. The average Bonchev–Trinajstić information content (AvgIpc) is 3.18. The first-order chi connectivity index (χ1) is 12.7. The lowest BCUT2D eigenvalue weighted by Gasteiger charge is -2.31. The van der Waals surface area contributed by atoms with Gasteiger partial charge >= 0.3 is 0 Å². The quantitative estimate of drug-likeness (QED) is 0.738. The molecule has 3 rings (SSSR count). The summed E-state index contributed by atoms with van der Waals surface area (Å²) >= 11 is 0. The molecular formula is C21H32N4O. The van der Waals surface area contributed by atoms with E-state index in [1.807, 2.05) is 11.9 Å². The molecule has 0 aliphatic carbocycles. The summed E-state index contributed by atoms with van der Waals surface area (Å²) in [7, 11) is 2.01. The van der Waals surface area contributed by atoms with E-state index in [9.17, 15) is 4.79 Å². The first-order valence-electron chi connectivity index (χ1n) is 9.94. The fraction of sp³-hybridized carbons (Fsp3) is 0.571. The Morgan fingerprint density at radius 2 is 2.00 bits per heavy atom. The van der Waals surface area contributed by atoms with Crippen LogP contribution in [0.4, 0.5) is 11.4 Å². The molecule has 1 aromatic carbocycles. The summed E-state index contributed by atoms with van der Waals surface area (Å²) in [6.45, 7) is 10.3. The Balaban J connectivity index is 1.70. The third kappa shape index (κ3) is 3.73. The summed E-state index contributed by atoms with van der Waals surface area (Å²) < 4.78 is 0. The number of benzene rings is 1. The summed E-state index contributed by atoms with van der Waals surface area (Å²) in [6.07, 6.45) is 4.88. The van der Waals surface area contributed by atoms with Gasteiger partial charge in [0.25, 0.3) is 0 Å². The molecule has 1 N–H and O–H groups in total. The van der Waals surface area contributed by atoms with Crippen molar-refractivity contribution in [2.75, 3.05) is 43.0 Å². The Hall–Kier alpha value is -2.01. The van der Waals surface area contributed by atoms with Gasteiger partial charge < -0.3 is 20.0 Å². The van der Waals surface area contributed by atoms with Crippen molar-refractivity contribution in [2.45, 2.75) is 45.1 Å². The summed E-state index contributed by atoms with van der Waals surface area (Å²) in [5.41, 5.74) is 2.51. The minimum atomic E-state index is 0.311. The number of carbonyl (C=O) groups is 1. The van der Waals surface area contributed by atoms with Gasteiger partial charge in [-0.3, -0.25) is 4.79 Å². The molecule has 1 saturated heterocycles. The molecule has 1 unspecified atom stereocenters. The number of carbonyl (C=O) groups excluding carboxylic acids is 1. The van der Waals surface area contributed by atoms with Gasteiger partial charge in [0, 0.05) is 32.1 Å². The Kier molecular flexibility index (Phi) is 6.20. The van der Waals surface area contributed by atoms with Gasteiger partial charge in [-0.05, 0) is 51.4 Å². The van der Waals surface area contributed by atoms with Crippen LogP contribution in [0.2, 0.25) is 0 Å². The predicted molar refractivity (Wildman–Crippen MR) is 108 cm³/mol. The SMILES string of the molecule is C=C1N(CCCN2CCCC2=O)c2ccccc2N1C(CC)CCNC. The molecule has 0 spiro atoms. The van der Waals surface area contributed by atoms with Crippen molar-refractivity contribution in [2.24, 2.45) is 0 Å². The molecule has 0 radical (unpaired) electrons. The monoisotopic (exact) mass is 356 g/mol. The van der Waals surface area contributed by atoms with Crippen LogP contribution in [-0.2, 0) is 4.79 Å². The average molecular weight is 357 g/mol. The van der Waals surface area contributed by atoms with Crippen molar-refractivity contribution in [1.82, 2.24) is 10.2 Å². The van der Waals surface area contributed by atoms with Gasteiger partial charge in [0.1, 0.15) is 5.82 Å². The second-order valence-corrected chi connectivity index (χ2v) is 7.22. The number of hydrogen-bond donors (Lipinski definition) is 1. The number of likely N-dealkylation sites (tertiary alicyclic amines) is 1. The van der Waals surface area contributed by atoms with Crippen LogP contribution >= 0.6 is 0 Å². The van der Waals surface area contributed by atoms with Gasteiger partial charge in [-0.25, -0.2) is 0 Å². The van der Waals surface area contributed by atoms with E-state index < -0.39 is 0 Å². The third-order valence-electron chi connectivity index (χ3n) is 5.57. The van der Waals surface area contributed by atoms with E-state index in [0.29, 0.717) is 11.9 Å². The third-order valence-corrected chi connectivity index (χ3v) is 5.57. The van der Waals surface area contributed by atoms with Crippen LogP contribution in [0, 0.1) is 0 Å². The summed E-state index contributed by atoms with van der Waals surface area (Å²) in [4.78, 5) is 18.6. The number of nitrogens with zero attached hydrogens (tertiary/aromatic N) is 3. The topological polar surface area (TPSA) is 38.8 Å². The summed E-state index contributed by atoms with van der Waals surface area (Å²) in [6, 6.07) is 9.04. The Morgan fingerprint density at radius 3 is 2.65 bits per heavy atom. The van der Waals surface area contributed by atoms with E-state index >= 15 is 0 Å². The van der Waals surface area contributed by atoms with E-state index in [1.54, 1.807) is 0 Å². The van der Waals surface area contributed by atoms with Gasteiger partial charge in [0.15, 0.2) is 0 Å². The van der Waals surface area contributed by atoms with E-state index in [4.69, 9.17) is 0 Å². The Labute approximate surface area is 157 Å². The van der Waals surface area contributed by atoms with Crippen molar-refractivity contribution in [3.05, 3.63) is 36.7 Å². The Morgan fingerprint density at radius 1 is 1.23 bits per heavy atom. The first-order valence-corrected chi connectivity index (χ1v) is 9.94. The molecule has 2 heterocycles. The van der Waals surface area contributed by atoms with Gasteiger partial charge in [0.05, 0.1) is 11.4 Å². The standard InChI is InChI=1S/C21H32N4O/c1-4-18(12-13-22-3)25-17(2)24(19-9-5-6-10-20(19)25)16-8-15-23-14-7-11-21(23)26/h5-6,9-10,18,22H,2,4,7-8,11-16H2,1,3H3. The Bertz CT molecular complexity index is 645. The van der Waals surface area contributed by atoms with Crippen LogP contribution in [-0.4, -0.2) is 50.1 Å². The van der Waals surface area contributed by atoms with Gasteiger partial charge in [0.2, 0.25) is 5.91 Å². The summed E-state index contributed by atoms with van der Waals surface area (Å²) in [5.74, 6) is 1.38. The van der Waals surface area contributed by atoms with Crippen molar-refractivity contribution in [3.8, 4) is 0 Å². The molecule has 0 bridgehead atoms. The fourth-order valence-corrected chi connectivity index (χ4v) is 4.15. The van der Waals surface area contributed by atoms with Crippen LogP contribution < -0.4 is 15.1 Å². The molecule has 1 fully saturated rings. The lowest BCUT2D eigenvalue weighted by molar-refractivity contribution is -0.127. The molecule has 26 heavy (non-hydrogen) atoms. The first kappa shape index (κ1) is 18.8. The number of amides is 1. The van der Waals surface area contributed by atoms with Crippen molar-refractivity contribution < 1.29 is 4.79 Å². The number of rotatable bonds is 9. The molecule has 1 atom stereocenters. The fourth-order valence-electron chi connectivity index (χ4n) is 4.15. The normalized spacial score (nSPS) is 18.0. The van der Waals surface area contributed by atoms with Crippen LogP contribution in [0.5, 0.6) is 0 Å². The minimum absolute atomic E-state index is 0.311. The number of fused-ring (bicyclic) bond motifs is 1. The largest absolute Gasteiger partial charge is 0.343 e. The zero-order valence-corrected chi connectivity index (χ0v) is 16.2. The number of para-hydroxylation sites is 2. The number of hydrogen-bond acceptors (Lipinski definition) is 4. The molecule has 1 aromatic rings. The van der Waals surface area contributed by atoms with E-state index in [-0.39, 0.29) is 0 Å². The van der Waals surface area contributed by atoms with Gasteiger partial charge in [-0.1, -0.05) is 25.6 Å². The van der Waals surface area contributed by atoms with Crippen LogP contribution in [0.15, 0.2) is 36.7 Å². The predicted octanol–water partition coefficient (Wildman–Crippen LogP) is 3.18. The van der Waals surface area contributed by atoms with E-state index in [0.717, 1.165) is 64.1 Å². The molecule has 1 amide bonds. The van der Waals surface area contributed by atoms with Gasteiger partial charge in [-0.2, -0.15) is 0 Å². The lowest BCUT2D eigenvalue weighted by atomic mass is 10.1. The number of nitrogens with one attached hydrogen (secondary N) is 1. The molecule has 2 aliphatic heterocycles. The van der Waals surface area contributed by atoms with Crippen LogP contribution in [0.1, 0.15) is 39.0 Å². The highest BCUT2D eigenvalue weighted by molar-refractivity contribution is 5.82. The van der Waals surface area contributed by atoms with Crippen LogP contribution in [0.3, 0.4) is 0 Å². The minimum Gasteiger partial charge on any atom is -0.343 e. The number of anilines is 2. The van der Waals surface area contributed by atoms with Crippen molar-refractivity contribution in [3.63, 3.8) is 0 Å². The van der Waals surface area contributed by atoms with Gasteiger partial charge in [-0.15, -0.1) is 0 Å². The van der Waals surface area contributed by atoms with Crippen molar-refractivity contribution >= 4 is 17.3 Å². The zero-order valence-electron chi connectivity index (χ0n) is 16.2. The second kappa shape index (κ2) is 8.58. The molecule has 0 saturated carbocycles. The van der Waals surface area contributed by atoms with E-state index in [2.05, 4.69) is 52.9 Å². The molecule has 5 heteroatoms. The maximum atomic E-state index is 11.8. The highest BCUT2D eigenvalue weighted by Crippen LogP contribution is 2.43. The van der Waals surface area contributed by atoms with Crippen molar-refractivity contribution in [1.29, 1.82) is 0 Å². The maximum absolute atomic E-state index is 11.8. The second-order valence-electron chi connectivity index (χ2n) is 7.22. The lowest BCUT2D eigenvalue weighted by Crippen LogP contribution is -2.38. The molecule has 2 aliphatic rings. The molecule has 0 aromatic heterocycles. The highest BCUT2D eigenvalue weighted by atomic mass is 16.2.